The molecule has 2 fully saturated rings. The third-order valence-electron chi connectivity index (χ3n) is 7.41. The Bertz CT molecular complexity index is 683. The molecule has 0 aliphatic heterocycles. The topological polar surface area (TPSA) is 38.3 Å². The SMILES string of the molecule is CCNC(=O)c1cc2c(cc1OC)[C@H]1CC[C@]3(C)CCC[C@H]3[C@@H]1CC2. The molecule has 0 unspecified atom stereocenters. The van der Waals surface area contributed by atoms with Crippen molar-refractivity contribution in [2.24, 2.45) is 17.3 Å². The minimum absolute atomic E-state index is 0.0173. The van der Waals surface area contributed by atoms with Crippen LogP contribution in [0.3, 0.4) is 0 Å². The van der Waals surface area contributed by atoms with Gasteiger partial charge in [0.1, 0.15) is 5.75 Å². The molecule has 4 atom stereocenters. The van der Waals surface area contributed by atoms with E-state index in [0.29, 0.717) is 23.4 Å². The van der Waals surface area contributed by atoms with Gasteiger partial charge in [-0.2, -0.15) is 0 Å². The van der Waals surface area contributed by atoms with Crippen molar-refractivity contribution in [3.05, 3.63) is 28.8 Å². The average Bonchev–Trinajstić information content (AvgIpc) is 3.02. The molecule has 0 spiro atoms. The maximum atomic E-state index is 12.4. The summed E-state index contributed by atoms with van der Waals surface area (Å²) in [6.45, 7) is 5.13. The number of hydrogen-bond acceptors (Lipinski definition) is 2. The van der Waals surface area contributed by atoms with Gasteiger partial charge in [0.15, 0.2) is 0 Å². The van der Waals surface area contributed by atoms with Crippen LogP contribution in [0.1, 0.15) is 79.8 Å². The Hall–Kier alpha value is -1.51. The molecule has 0 bridgehead atoms. The van der Waals surface area contributed by atoms with Gasteiger partial charge in [0, 0.05) is 6.54 Å². The van der Waals surface area contributed by atoms with E-state index < -0.39 is 0 Å². The molecule has 0 saturated heterocycles. The number of methoxy groups -OCH3 is 1. The highest BCUT2D eigenvalue weighted by atomic mass is 16.5. The third-order valence-corrected chi connectivity index (χ3v) is 7.41. The van der Waals surface area contributed by atoms with Crippen molar-refractivity contribution in [1.82, 2.24) is 5.32 Å². The molecule has 1 aromatic carbocycles. The molecule has 3 nitrogen and oxygen atoms in total. The molecule has 3 aliphatic carbocycles. The molecular formula is C22H31NO2. The largest absolute Gasteiger partial charge is 0.496 e. The number of ether oxygens (including phenoxy) is 1. The summed E-state index contributed by atoms with van der Waals surface area (Å²) < 4.78 is 5.60. The highest BCUT2D eigenvalue weighted by Crippen LogP contribution is 2.61. The molecule has 1 N–H and O–H groups in total. The lowest BCUT2D eigenvalue weighted by Gasteiger charge is -2.49. The molecule has 0 aromatic heterocycles. The van der Waals surface area contributed by atoms with Crippen molar-refractivity contribution < 1.29 is 9.53 Å². The first kappa shape index (κ1) is 16.9. The van der Waals surface area contributed by atoms with Crippen molar-refractivity contribution in [3.63, 3.8) is 0 Å². The van der Waals surface area contributed by atoms with E-state index in [1.165, 1.54) is 49.7 Å². The molecule has 25 heavy (non-hydrogen) atoms. The summed E-state index contributed by atoms with van der Waals surface area (Å²) in [5.74, 6) is 3.11. The van der Waals surface area contributed by atoms with E-state index >= 15 is 0 Å². The van der Waals surface area contributed by atoms with Gasteiger partial charge in [0.05, 0.1) is 12.7 Å². The van der Waals surface area contributed by atoms with E-state index in [1.54, 1.807) is 7.11 Å². The summed E-state index contributed by atoms with van der Waals surface area (Å²) in [5.41, 5.74) is 4.13. The predicted octanol–water partition coefficient (Wildman–Crippen LogP) is 4.69. The minimum atomic E-state index is -0.0173. The molecule has 0 radical (unpaired) electrons. The normalized spacial score (nSPS) is 33.2. The van der Waals surface area contributed by atoms with Gasteiger partial charge >= 0.3 is 0 Å². The summed E-state index contributed by atoms with van der Waals surface area (Å²) in [6, 6.07) is 4.30. The van der Waals surface area contributed by atoms with Gasteiger partial charge in [-0.1, -0.05) is 13.3 Å². The lowest BCUT2D eigenvalue weighted by Crippen LogP contribution is -2.39. The van der Waals surface area contributed by atoms with Crippen LogP contribution in [0, 0.1) is 17.3 Å². The lowest BCUT2D eigenvalue weighted by molar-refractivity contribution is 0.0597. The van der Waals surface area contributed by atoms with Crippen molar-refractivity contribution in [2.45, 2.75) is 64.7 Å². The molecule has 2 saturated carbocycles. The maximum Gasteiger partial charge on any atom is 0.255 e. The average molecular weight is 341 g/mol. The number of rotatable bonds is 3. The summed E-state index contributed by atoms with van der Waals surface area (Å²) in [5, 5.41) is 2.92. The molecule has 1 amide bonds. The Morgan fingerprint density at radius 2 is 2.12 bits per heavy atom. The summed E-state index contributed by atoms with van der Waals surface area (Å²) in [4.78, 5) is 12.4. The summed E-state index contributed by atoms with van der Waals surface area (Å²) >= 11 is 0. The summed E-state index contributed by atoms with van der Waals surface area (Å²) in [6.07, 6.45) is 9.32. The summed E-state index contributed by atoms with van der Waals surface area (Å²) in [7, 11) is 1.68. The van der Waals surface area contributed by atoms with Crippen molar-refractivity contribution in [3.8, 4) is 5.75 Å². The number of fused-ring (bicyclic) bond motifs is 5. The second-order valence-electron chi connectivity index (χ2n) is 8.61. The minimum Gasteiger partial charge on any atom is -0.496 e. The quantitative estimate of drug-likeness (QED) is 0.866. The smallest absolute Gasteiger partial charge is 0.255 e. The van der Waals surface area contributed by atoms with Crippen LogP contribution in [0.15, 0.2) is 12.1 Å². The van der Waals surface area contributed by atoms with Crippen LogP contribution >= 0.6 is 0 Å². The van der Waals surface area contributed by atoms with E-state index in [4.69, 9.17) is 4.74 Å². The van der Waals surface area contributed by atoms with E-state index in [9.17, 15) is 4.79 Å². The zero-order valence-corrected chi connectivity index (χ0v) is 15.9. The first-order valence-electron chi connectivity index (χ1n) is 10.1. The monoisotopic (exact) mass is 341 g/mol. The molecule has 136 valence electrons. The van der Waals surface area contributed by atoms with Gasteiger partial charge in [0.2, 0.25) is 0 Å². The molecule has 0 heterocycles. The number of carbonyl (C=O) groups is 1. The molecule has 3 heteroatoms. The number of nitrogens with one attached hydrogen (secondary N) is 1. The van der Waals surface area contributed by atoms with Crippen LogP contribution in [-0.4, -0.2) is 19.6 Å². The fraction of sp³-hybridized carbons (Fsp3) is 0.682. The van der Waals surface area contributed by atoms with E-state index in [2.05, 4.69) is 24.4 Å². The van der Waals surface area contributed by atoms with Gasteiger partial charge in [-0.25, -0.2) is 0 Å². The predicted molar refractivity (Wildman–Crippen MR) is 100 cm³/mol. The highest BCUT2D eigenvalue weighted by molar-refractivity contribution is 5.97. The zero-order chi connectivity index (χ0) is 17.6. The van der Waals surface area contributed by atoms with Crippen LogP contribution in [0.25, 0.3) is 0 Å². The molecular weight excluding hydrogens is 310 g/mol. The maximum absolute atomic E-state index is 12.4. The Kier molecular flexibility index (Phi) is 4.29. The number of amides is 1. The number of hydrogen-bond donors (Lipinski definition) is 1. The van der Waals surface area contributed by atoms with Gasteiger partial charge in [-0.15, -0.1) is 0 Å². The standard InChI is InChI=1S/C22H31NO2/c1-4-23-21(24)18-12-14-7-8-16-15(17(14)13-20(18)25-3)9-11-22(2)10-5-6-19(16)22/h12-13,15-16,19H,4-11H2,1-3H3,(H,23,24)/t15-,16+,19-,22-/m0/s1. The number of benzene rings is 1. The van der Waals surface area contributed by atoms with Gasteiger partial charge in [0.25, 0.3) is 5.91 Å². The van der Waals surface area contributed by atoms with Crippen molar-refractivity contribution >= 4 is 5.91 Å². The van der Waals surface area contributed by atoms with Gasteiger partial charge in [-0.3, -0.25) is 4.79 Å². The Morgan fingerprint density at radius 3 is 2.88 bits per heavy atom. The first-order chi connectivity index (χ1) is 12.1. The third kappa shape index (κ3) is 2.67. The Balaban J connectivity index is 1.70. The molecule has 4 rings (SSSR count). The van der Waals surface area contributed by atoms with E-state index in [0.717, 1.165) is 24.0 Å². The fourth-order valence-electron chi connectivity index (χ4n) is 6.20. The Morgan fingerprint density at radius 1 is 1.28 bits per heavy atom. The van der Waals surface area contributed by atoms with Gasteiger partial charge in [-0.05, 0) is 91.9 Å². The second kappa shape index (κ2) is 6.34. The van der Waals surface area contributed by atoms with Gasteiger partial charge < -0.3 is 10.1 Å². The fourth-order valence-corrected chi connectivity index (χ4v) is 6.20. The number of carbonyl (C=O) groups excluding carboxylic acids is 1. The van der Waals surface area contributed by atoms with Crippen molar-refractivity contribution in [1.29, 1.82) is 0 Å². The van der Waals surface area contributed by atoms with E-state index in [1.807, 2.05) is 6.92 Å². The van der Waals surface area contributed by atoms with Crippen LogP contribution in [-0.2, 0) is 6.42 Å². The van der Waals surface area contributed by atoms with Crippen LogP contribution in [0.2, 0.25) is 0 Å². The van der Waals surface area contributed by atoms with E-state index in [-0.39, 0.29) is 5.91 Å². The van der Waals surface area contributed by atoms with Crippen LogP contribution < -0.4 is 10.1 Å². The highest BCUT2D eigenvalue weighted by Gasteiger charge is 2.50. The van der Waals surface area contributed by atoms with Crippen LogP contribution in [0.5, 0.6) is 5.75 Å². The van der Waals surface area contributed by atoms with Crippen molar-refractivity contribution in [2.75, 3.05) is 13.7 Å². The Labute approximate surface area is 151 Å². The first-order valence-corrected chi connectivity index (χ1v) is 10.1. The van der Waals surface area contributed by atoms with Crippen LogP contribution in [0.4, 0.5) is 0 Å². The second-order valence-corrected chi connectivity index (χ2v) is 8.61. The molecule has 3 aliphatic rings. The lowest BCUT2D eigenvalue weighted by atomic mass is 9.56. The molecule has 1 aromatic rings. The number of aryl methyl sites for hydroxylation is 1. The zero-order valence-electron chi connectivity index (χ0n) is 15.9.